The van der Waals surface area contributed by atoms with Crippen LogP contribution in [-0.4, -0.2) is 92.6 Å². The summed E-state index contributed by atoms with van der Waals surface area (Å²) in [5.41, 5.74) is -6.23. The number of benzene rings is 1. The second kappa shape index (κ2) is 13.4. The van der Waals surface area contributed by atoms with Crippen molar-refractivity contribution in [3.63, 3.8) is 0 Å². The minimum Gasteiger partial charge on any atom is -0.457 e. The Kier molecular flexibility index (Phi) is 10.5. The van der Waals surface area contributed by atoms with E-state index in [1.54, 1.807) is 0 Å². The van der Waals surface area contributed by atoms with E-state index in [4.69, 9.17) is 9.47 Å². The summed E-state index contributed by atoms with van der Waals surface area (Å²) in [5.74, 6) is -3.00. The molecule has 0 spiro atoms. The van der Waals surface area contributed by atoms with Gasteiger partial charge in [-0.1, -0.05) is 57.5 Å². The van der Waals surface area contributed by atoms with Gasteiger partial charge in [-0.05, 0) is 73.5 Å². The van der Waals surface area contributed by atoms with Gasteiger partial charge in [-0.3, -0.25) is 0 Å². The molecule has 6 N–H and O–H groups in total. The number of methoxy groups -OCH3 is 1. The summed E-state index contributed by atoms with van der Waals surface area (Å²) in [7, 11) is 0.792. The van der Waals surface area contributed by atoms with E-state index >= 15 is 0 Å². The summed E-state index contributed by atoms with van der Waals surface area (Å²) in [6, 6.07) is 6.52. The topological polar surface area (TPSA) is 157 Å². The molecule has 12 heteroatoms. The molecule has 0 amide bonds. The quantitative estimate of drug-likeness (QED) is 0.201. The van der Waals surface area contributed by atoms with E-state index in [1.807, 2.05) is 13.8 Å². The molecule has 48 heavy (non-hydrogen) atoms. The zero-order chi connectivity index (χ0) is 35.4. The van der Waals surface area contributed by atoms with E-state index < -0.39 is 88.7 Å². The van der Waals surface area contributed by atoms with Crippen molar-refractivity contribution in [1.29, 1.82) is 0 Å². The second-order valence-electron chi connectivity index (χ2n) is 15.7. The predicted molar refractivity (Wildman–Crippen MR) is 168 cm³/mol. The molecule has 0 radical (unpaired) electrons. The first-order chi connectivity index (χ1) is 22.4. The van der Waals surface area contributed by atoms with Gasteiger partial charge in [0.15, 0.2) is 0 Å². The number of alkyl halides is 3. The van der Waals surface area contributed by atoms with E-state index in [-0.39, 0.29) is 30.6 Å². The van der Waals surface area contributed by atoms with Gasteiger partial charge < -0.3 is 40.1 Å². The Labute approximate surface area is 280 Å². The average molecular weight is 687 g/mol. The minimum absolute atomic E-state index is 0.00748. The SMILES string of the molecule is CO[C@@](C(=O)O[C@H](CO)CCC[C@@H](C)[C@H]1C[C@@H](O)C2[C@]1(C)CC[C@@H]1[C@@]3(C)CC[C@H](O)[C@H](O)C3[C@@H](O)C[C@@]21O)(c1ccccc1)C(F)(F)F. The standard InChI is InChI=1S/C36H53F3O9/c1-20(9-8-12-22(19-40)48-31(45)35(47-4,36(37,38)39)21-10-6-5-7-11-21)23-17-25(42)30-32(23,2)16-14-27-33(3)15-13-24(41)29(44)28(33)26(43)18-34(27,30)46/h5-7,10-11,20,22-30,40-44,46H,8-9,12-19H2,1-4H3/t20-,22+,23-,24+,25-,26+,27-,28?,29+,30?,32-,33-,34+,35-/m1/s1. The molecule has 14 atom stereocenters. The molecule has 5 rings (SSSR count). The fourth-order valence-corrected chi connectivity index (χ4v) is 11.2. The number of carbonyl (C=O) groups is 1. The van der Waals surface area contributed by atoms with Crippen LogP contribution in [0.2, 0.25) is 0 Å². The Bertz CT molecular complexity index is 1280. The molecule has 4 aliphatic rings. The Morgan fingerprint density at radius 2 is 1.62 bits per heavy atom. The number of carbonyl (C=O) groups excluding carboxylic acids is 1. The zero-order valence-corrected chi connectivity index (χ0v) is 28.3. The van der Waals surface area contributed by atoms with Gasteiger partial charge in [-0.15, -0.1) is 0 Å². The van der Waals surface area contributed by atoms with Crippen molar-refractivity contribution in [2.45, 2.75) is 126 Å². The van der Waals surface area contributed by atoms with Gasteiger partial charge in [-0.2, -0.15) is 13.2 Å². The van der Waals surface area contributed by atoms with E-state index in [2.05, 4.69) is 6.92 Å². The zero-order valence-electron chi connectivity index (χ0n) is 28.3. The van der Waals surface area contributed by atoms with Gasteiger partial charge in [0.25, 0.3) is 5.60 Å². The molecule has 4 aliphatic carbocycles. The molecule has 0 heterocycles. The van der Waals surface area contributed by atoms with E-state index in [1.165, 1.54) is 18.2 Å². The third kappa shape index (κ3) is 5.81. The molecule has 2 unspecified atom stereocenters. The van der Waals surface area contributed by atoms with Gasteiger partial charge in [-0.25, -0.2) is 4.79 Å². The van der Waals surface area contributed by atoms with Crippen molar-refractivity contribution in [1.82, 2.24) is 0 Å². The van der Waals surface area contributed by atoms with E-state index in [0.29, 0.717) is 38.5 Å². The Balaban J connectivity index is 1.26. The molecule has 9 nitrogen and oxygen atoms in total. The first kappa shape index (κ1) is 37.5. The highest BCUT2D eigenvalue weighted by Gasteiger charge is 2.72. The maximum Gasteiger partial charge on any atom is 0.432 e. The molecule has 4 saturated carbocycles. The first-order valence-electron chi connectivity index (χ1n) is 17.4. The molecule has 1 aromatic rings. The lowest BCUT2D eigenvalue weighted by atomic mass is 9.41. The predicted octanol–water partition coefficient (Wildman–Crippen LogP) is 3.85. The van der Waals surface area contributed by atoms with Crippen molar-refractivity contribution < 1.29 is 58.1 Å². The van der Waals surface area contributed by atoms with Crippen LogP contribution in [0.4, 0.5) is 13.2 Å². The number of esters is 1. The van der Waals surface area contributed by atoms with Crippen molar-refractivity contribution in [2.24, 2.45) is 40.4 Å². The van der Waals surface area contributed by atoms with Gasteiger partial charge >= 0.3 is 12.1 Å². The Morgan fingerprint density at radius 3 is 2.23 bits per heavy atom. The fraction of sp³-hybridized carbons (Fsp3) is 0.806. The lowest BCUT2D eigenvalue weighted by molar-refractivity contribution is -0.280. The number of halogens is 3. The maximum atomic E-state index is 14.3. The van der Waals surface area contributed by atoms with Crippen molar-refractivity contribution >= 4 is 5.97 Å². The fourth-order valence-electron chi connectivity index (χ4n) is 11.2. The largest absolute Gasteiger partial charge is 0.457 e. The third-order valence-electron chi connectivity index (χ3n) is 13.3. The van der Waals surface area contributed by atoms with Crippen LogP contribution in [0.1, 0.15) is 84.1 Å². The molecular weight excluding hydrogens is 633 g/mol. The maximum absolute atomic E-state index is 14.3. The Morgan fingerprint density at radius 1 is 0.979 bits per heavy atom. The van der Waals surface area contributed by atoms with E-state index in [9.17, 15) is 48.6 Å². The highest BCUT2D eigenvalue weighted by molar-refractivity contribution is 5.82. The number of ether oxygens (including phenoxy) is 2. The summed E-state index contributed by atoms with van der Waals surface area (Å²) in [5, 5.41) is 66.6. The third-order valence-corrected chi connectivity index (χ3v) is 13.3. The minimum atomic E-state index is -5.13. The first-order valence-corrected chi connectivity index (χ1v) is 17.4. The highest BCUT2D eigenvalue weighted by Crippen LogP contribution is 2.69. The molecule has 272 valence electrons. The molecule has 0 bridgehead atoms. The van der Waals surface area contributed by atoms with E-state index in [0.717, 1.165) is 25.7 Å². The number of hydrogen-bond donors (Lipinski definition) is 6. The van der Waals surface area contributed by atoms with Gasteiger partial charge in [0.2, 0.25) is 0 Å². The molecule has 1 aromatic carbocycles. The lowest BCUT2D eigenvalue weighted by Gasteiger charge is -2.66. The summed E-state index contributed by atoms with van der Waals surface area (Å²) >= 11 is 0. The summed E-state index contributed by atoms with van der Waals surface area (Å²) in [4.78, 5) is 13.1. The molecule has 0 aromatic heterocycles. The number of aliphatic hydroxyl groups is 6. The van der Waals surface area contributed by atoms with Gasteiger partial charge in [0, 0.05) is 30.9 Å². The van der Waals surface area contributed by atoms with Crippen molar-refractivity contribution in [3.05, 3.63) is 35.9 Å². The Hall–Kier alpha value is -1.80. The normalized spacial score (nSPS) is 42.1. The molecule has 0 aliphatic heterocycles. The highest BCUT2D eigenvalue weighted by atomic mass is 19.4. The van der Waals surface area contributed by atoms with Crippen LogP contribution in [0.15, 0.2) is 30.3 Å². The van der Waals surface area contributed by atoms with Crippen LogP contribution in [0.5, 0.6) is 0 Å². The lowest BCUT2D eigenvalue weighted by Crippen LogP contribution is -2.70. The average Bonchev–Trinajstić information content (AvgIpc) is 3.29. The second-order valence-corrected chi connectivity index (χ2v) is 15.7. The van der Waals surface area contributed by atoms with Crippen LogP contribution < -0.4 is 0 Å². The number of rotatable bonds is 10. The van der Waals surface area contributed by atoms with Crippen LogP contribution >= 0.6 is 0 Å². The van der Waals surface area contributed by atoms with Crippen LogP contribution in [-0.2, 0) is 19.9 Å². The summed E-state index contributed by atoms with van der Waals surface area (Å²) in [6.07, 6.45) is -6.34. The summed E-state index contributed by atoms with van der Waals surface area (Å²) < 4.78 is 53.0. The van der Waals surface area contributed by atoms with Crippen LogP contribution in [0, 0.1) is 40.4 Å². The van der Waals surface area contributed by atoms with Crippen LogP contribution in [0.25, 0.3) is 0 Å². The molecule has 0 saturated heterocycles. The molecular formula is C36H53F3O9. The van der Waals surface area contributed by atoms with Gasteiger partial charge in [0.1, 0.15) is 6.10 Å². The monoisotopic (exact) mass is 686 g/mol. The van der Waals surface area contributed by atoms with Gasteiger partial charge in [0.05, 0.1) is 36.6 Å². The number of aliphatic hydroxyl groups excluding tert-OH is 5. The number of fused-ring (bicyclic) bond motifs is 5. The van der Waals surface area contributed by atoms with Crippen molar-refractivity contribution in [2.75, 3.05) is 13.7 Å². The number of hydrogen-bond acceptors (Lipinski definition) is 9. The summed E-state index contributed by atoms with van der Waals surface area (Å²) in [6.45, 7) is 5.45. The van der Waals surface area contributed by atoms with Crippen LogP contribution in [0.3, 0.4) is 0 Å². The smallest absolute Gasteiger partial charge is 0.432 e. The van der Waals surface area contributed by atoms with Crippen molar-refractivity contribution in [3.8, 4) is 0 Å². The molecule has 4 fully saturated rings.